The summed E-state index contributed by atoms with van der Waals surface area (Å²) in [5.74, 6) is 13.1. The first-order valence-electron chi connectivity index (χ1n) is 10.3. The van der Waals surface area contributed by atoms with Crippen molar-refractivity contribution in [2.45, 2.75) is 77.7 Å². The summed E-state index contributed by atoms with van der Waals surface area (Å²) in [6.07, 6.45) is 10.9. The van der Waals surface area contributed by atoms with E-state index in [4.69, 9.17) is 11.7 Å². The molecular weight excluding hydrogens is 324 g/mol. The van der Waals surface area contributed by atoms with Crippen LogP contribution in [0.15, 0.2) is 21.9 Å². The normalized spacial score (nSPS) is 50.0. The summed E-state index contributed by atoms with van der Waals surface area (Å²) >= 11 is 0. The van der Waals surface area contributed by atoms with Crippen LogP contribution in [0, 0.1) is 28.6 Å². The van der Waals surface area contributed by atoms with E-state index in [9.17, 15) is 5.11 Å². The van der Waals surface area contributed by atoms with Crippen LogP contribution >= 0.6 is 0 Å². The van der Waals surface area contributed by atoms with Crippen molar-refractivity contribution in [2.75, 3.05) is 0 Å². The summed E-state index contributed by atoms with van der Waals surface area (Å²) in [7, 11) is 0. The standard InChI is InChI=1S/C21H34N4O/c1-13(24-22)21(26)11-8-18-16-5-4-14-12-15(25-23)6-9-19(14,2)17(16)7-10-20(18,21)3/h12,16-18,26H,4-11,22-23H2,1-3H3/b24-13?,25-15-/t16-,17+,18-,19-,20-,21-/m0/s1. The summed E-state index contributed by atoms with van der Waals surface area (Å²) in [6.45, 7) is 6.67. The predicted molar refractivity (Wildman–Crippen MR) is 106 cm³/mol. The Morgan fingerprint density at radius 1 is 1.08 bits per heavy atom. The lowest BCUT2D eigenvalue weighted by Crippen LogP contribution is -2.57. The van der Waals surface area contributed by atoms with Crippen LogP contribution in [0.25, 0.3) is 0 Å². The van der Waals surface area contributed by atoms with Gasteiger partial charge in [0.25, 0.3) is 0 Å². The Balaban J connectivity index is 1.68. The molecule has 5 heteroatoms. The SMILES string of the molecule is CC(=NN)[C@@]1(O)CC[C@H]2[C@H]3CCC4=C/C(=N\N)CC[C@]4(C)[C@@H]3CC[C@@]21C. The van der Waals surface area contributed by atoms with Gasteiger partial charge in [-0.1, -0.05) is 19.4 Å². The van der Waals surface area contributed by atoms with Crippen LogP contribution in [0.2, 0.25) is 0 Å². The van der Waals surface area contributed by atoms with Gasteiger partial charge in [-0.25, -0.2) is 0 Å². The van der Waals surface area contributed by atoms with Gasteiger partial charge in [-0.2, -0.15) is 10.2 Å². The monoisotopic (exact) mass is 358 g/mol. The molecule has 0 aromatic carbocycles. The Kier molecular flexibility index (Phi) is 4.03. The fourth-order valence-corrected chi connectivity index (χ4v) is 7.39. The van der Waals surface area contributed by atoms with Crippen LogP contribution in [0.5, 0.6) is 0 Å². The van der Waals surface area contributed by atoms with Gasteiger partial charge in [0.1, 0.15) is 5.60 Å². The topological polar surface area (TPSA) is 97.0 Å². The highest BCUT2D eigenvalue weighted by Crippen LogP contribution is 2.67. The number of hydrazone groups is 2. The van der Waals surface area contributed by atoms with Crippen molar-refractivity contribution in [3.63, 3.8) is 0 Å². The zero-order valence-electron chi connectivity index (χ0n) is 16.5. The summed E-state index contributed by atoms with van der Waals surface area (Å²) in [4.78, 5) is 0. The molecule has 0 spiro atoms. The van der Waals surface area contributed by atoms with Crippen LogP contribution in [0.3, 0.4) is 0 Å². The molecule has 3 fully saturated rings. The molecule has 6 atom stereocenters. The second-order valence-electron chi connectivity index (χ2n) is 9.69. The molecule has 5 N–H and O–H groups in total. The Hall–Kier alpha value is -1.36. The number of allylic oxidation sites excluding steroid dienone is 2. The van der Waals surface area contributed by atoms with Crippen molar-refractivity contribution in [2.24, 2.45) is 50.5 Å². The molecule has 0 saturated heterocycles. The van der Waals surface area contributed by atoms with Gasteiger partial charge in [0, 0.05) is 5.41 Å². The zero-order valence-corrected chi connectivity index (χ0v) is 16.5. The Labute approximate surface area is 157 Å². The lowest BCUT2D eigenvalue weighted by atomic mass is 9.46. The second kappa shape index (κ2) is 5.82. The maximum Gasteiger partial charge on any atom is 0.110 e. The average molecular weight is 359 g/mol. The van der Waals surface area contributed by atoms with E-state index in [-0.39, 0.29) is 10.8 Å². The number of nitrogens with two attached hydrogens (primary N) is 2. The highest BCUT2D eigenvalue weighted by atomic mass is 16.3. The first-order chi connectivity index (χ1) is 12.3. The van der Waals surface area contributed by atoms with Gasteiger partial charge in [-0.15, -0.1) is 0 Å². The van der Waals surface area contributed by atoms with Gasteiger partial charge in [0.15, 0.2) is 0 Å². The number of aliphatic hydroxyl groups is 1. The molecule has 3 saturated carbocycles. The maximum atomic E-state index is 11.5. The van der Waals surface area contributed by atoms with E-state index in [0.717, 1.165) is 44.2 Å². The molecule has 0 bridgehead atoms. The molecule has 0 aromatic rings. The van der Waals surface area contributed by atoms with Gasteiger partial charge < -0.3 is 16.8 Å². The number of fused-ring (bicyclic) bond motifs is 5. The van der Waals surface area contributed by atoms with Crippen LogP contribution in [0.1, 0.15) is 72.1 Å². The minimum absolute atomic E-state index is 0.1000. The molecular formula is C21H34N4O. The molecule has 0 aromatic heterocycles. The van der Waals surface area contributed by atoms with Gasteiger partial charge >= 0.3 is 0 Å². The number of hydrogen-bond acceptors (Lipinski definition) is 5. The Morgan fingerprint density at radius 2 is 1.81 bits per heavy atom. The Bertz CT molecular complexity index is 698. The maximum absolute atomic E-state index is 11.5. The van der Waals surface area contributed by atoms with Crippen molar-refractivity contribution >= 4 is 11.4 Å². The molecule has 4 rings (SSSR count). The minimum atomic E-state index is -0.833. The molecule has 144 valence electrons. The molecule has 0 amide bonds. The molecule has 0 aliphatic heterocycles. The van der Waals surface area contributed by atoms with Crippen molar-refractivity contribution < 1.29 is 5.11 Å². The first kappa shape index (κ1) is 18.0. The Morgan fingerprint density at radius 3 is 2.50 bits per heavy atom. The van der Waals surface area contributed by atoms with Crippen LogP contribution in [-0.4, -0.2) is 22.1 Å². The lowest BCUT2D eigenvalue weighted by Gasteiger charge is -2.59. The molecule has 4 aliphatic rings. The molecule has 26 heavy (non-hydrogen) atoms. The van der Waals surface area contributed by atoms with Gasteiger partial charge in [0.2, 0.25) is 0 Å². The van der Waals surface area contributed by atoms with E-state index >= 15 is 0 Å². The number of hydrogen-bond donors (Lipinski definition) is 3. The van der Waals surface area contributed by atoms with Crippen LogP contribution < -0.4 is 11.7 Å². The molecule has 5 nitrogen and oxygen atoms in total. The van der Waals surface area contributed by atoms with E-state index < -0.39 is 5.60 Å². The summed E-state index contributed by atoms with van der Waals surface area (Å²) in [5.41, 5.74) is 2.67. The minimum Gasteiger partial charge on any atom is -0.383 e. The molecule has 0 radical (unpaired) electrons. The molecule has 4 aliphatic carbocycles. The zero-order chi connectivity index (χ0) is 18.7. The summed E-state index contributed by atoms with van der Waals surface area (Å²) < 4.78 is 0. The fourth-order valence-electron chi connectivity index (χ4n) is 7.39. The van der Waals surface area contributed by atoms with Crippen LogP contribution in [0.4, 0.5) is 0 Å². The van der Waals surface area contributed by atoms with Crippen molar-refractivity contribution in [3.05, 3.63) is 11.6 Å². The highest BCUT2D eigenvalue weighted by Gasteiger charge is 2.64. The van der Waals surface area contributed by atoms with Gasteiger partial charge in [-0.05, 0) is 87.5 Å². The van der Waals surface area contributed by atoms with Crippen molar-refractivity contribution in [1.29, 1.82) is 0 Å². The third kappa shape index (κ3) is 2.12. The second-order valence-corrected chi connectivity index (χ2v) is 9.69. The number of nitrogens with zero attached hydrogens (tertiary/aromatic N) is 2. The summed E-state index contributed by atoms with van der Waals surface area (Å²) in [5, 5.41) is 19.4. The van der Waals surface area contributed by atoms with Gasteiger partial charge in [-0.3, -0.25) is 0 Å². The third-order valence-electron chi connectivity index (χ3n) is 9.09. The van der Waals surface area contributed by atoms with Crippen molar-refractivity contribution in [3.8, 4) is 0 Å². The third-order valence-corrected chi connectivity index (χ3v) is 9.09. The lowest BCUT2D eigenvalue weighted by molar-refractivity contribution is -0.0945. The van der Waals surface area contributed by atoms with E-state index in [1.807, 2.05) is 6.92 Å². The van der Waals surface area contributed by atoms with E-state index in [1.54, 1.807) is 5.57 Å². The smallest absolute Gasteiger partial charge is 0.110 e. The average Bonchev–Trinajstić information content (AvgIpc) is 2.92. The largest absolute Gasteiger partial charge is 0.383 e. The van der Waals surface area contributed by atoms with E-state index in [0.29, 0.717) is 23.5 Å². The molecule has 0 unspecified atom stereocenters. The quantitative estimate of drug-likeness (QED) is 0.381. The first-order valence-corrected chi connectivity index (χ1v) is 10.3. The van der Waals surface area contributed by atoms with E-state index in [2.05, 4.69) is 30.1 Å². The summed E-state index contributed by atoms with van der Waals surface area (Å²) in [6, 6.07) is 0. The number of rotatable bonds is 1. The molecule has 0 heterocycles. The van der Waals surface area contributed by atoms with Crippen molar-refractivity contribution in [1.82, 2.24) is 0 Å². The fraction of sp³-hybridized carbons (Fsp3) is 0.810. The highest BCUT2D eigenvalue weighted by molar-refractivity contribution is 5.96. The van der Waals surface area contributed by atoms with Gasteiger partial charge in [0.05, 0.1) is 11.4 Å². The predicted octanol–water partition coefficient (Wildman–Crippen LogP) is 3.33. The van der Waals surface area contributed by atoms with E-state index in [1.165, 1.54) is 12.8 Å². The van der Waals surface area contributed by atoms with Crippen LogP contribution in [-0.2, 0) is 0 Å².